The molecule has 0 radical (unpaired) electrons. The number of primary amides is 1. The fourth-order valence-corrected chi connectivity index (χ4v) is 13.4. The fourth-order valence-electron chi connectivity index (χ4n) is 13.4. The Morgan fingerprint density at radius 3 is 1.86 bits per heavy atom. The molecule has 13 atom stereocenters. The van der Waals surface area contributed by atoms with Gasteiger partial charge in [-0.15, -0.1) is 0 Å². The summed E-state index contributed by atoms with van der Waals surface area (Å²) in [6.07, 6.45) is -2.22. The van der Waals surface area contributed by atoms with Crippen LogP contribution in [0, 0.1) is 41.4 Å². The van der Waals surface area contributed by atoms with Gasteiger partial charge in [0, 0.05) is 89.4 Å². The molecular formula is C77H109N7O18. The lowest BCUT2D eigenvalue weighted by atomic mass is 9.83. The van der Waals surface area contributed by atoms with Gasteiger partial charge in [-0.2, -0.15) is 0 Å². The zero-order valence-electron chi connectivity index (χ0n) is 62.3. The second kappa shape index (κ2) is 39.8. The smallest absolute Gasteiger partial charge is 0.410 e. The van der Waals surface area contributed by atoms with Gasteiger partial charge in [0.25, 0.3) is 11.8 Å². The third-order valence-corrected chi connectivity index (χ3v) is 19.9. The second-order valence-electron chi connectivity index (χ2n) is 28.1. The van der Waals surface area contributed by atoms with Crippen molar-refractivity contribution in [2.24, 2.45) is 47.2 Å². The number of likely N-dealkylation sites (N-methyl/N-ethyl adjacent to an activating group) is 2. The number of anilines is 1. The van der Waals surface area contributed by atoms with E-state index in [1.165, 1.54) is 32.9 Å². The first-order valence-electron chi connectivity index (χ1n) is 35.4. The Balaban J connectivity index is 1.10. The Morgan fingerprint density at radius 2 is 1.29 bits per heavy atom. The lowest BCUT2D eigenvalue weighted by Crippen LogP contribution is -2.54. The van der Waals surface area contributed by atoms with Crippen LogP contribution < -0.4 is 26.0 Å². The van der Waals surface area contributed by atoms with E-state index in [-0.39, 0.29) is 105 Å². The van der Waals surface area contributed by atoms with Crippen LogP contribution in [0.15, 0.2) is 90.0 Å². The number of ketones is 4. The number of benzene rings is 3. The summed E-state index contributed by atoms with van der Waals surface area (Å²) >= 11 is 0. The highest BCUT2D eigenvalue weighted by Gasteiger charge is 2.44. The number of carbonyl (C=O) groups excluding carboxylic acids is 12. The van der Waals surface area contributed by atoms with Crippen LogP contribution in [0.2, 0.25) is 0 Å². The van der Waals surface area contributed by atoms with Gasteiger partial charge < -0.3 is 59.9 Å². The number of nitrogens with one attached hydrogen (secondary N) is 2. The zero-order chi connectivity index (χ0) is 76.0. The van der Waals surface area contributed by atoms with Gasteiger partial charge in [0.15, 0.2) is 17.3 Å². The van der Waals surface area contributed by atoms with Crippen molar-refractivity contribution in [3.05, 3.63) is 107 Å². The average molecular weight is 1420 g/mol. The summed E-state index contributed by atoms with van der Waals surface area (Å²) in [5, 5.41) is 16.1. The van der Waals surface area contributed by atoms with Crippen molar-refractivity contribution >= 4 is 76.3 Å². The monoisotopic (exact) mass is 1420 g/mol. The number of methoxy groups -OCH3 is 2. The van der Waals surface area contributed by atoms with Crippen LogP contribution in [-0.4, -0.2) is 187 Å². The van der Waals surface area contributed by atoms with E-state index in [0.29, 0.717) is 59.5 Å². The van der Waals surface area contributed by atoms with Crippen molar-refractivity contribution < 1.29 is 86.3 Å². The number of rotatable bonds is 42. The number of hydrogen-bond donors (Lipinski definition) is 4. The van der Waals surface area contributed by atoms with Crippen LogP contribution in [0.5, 0.6) is 5.75 Å². The van der Waals surface area contributed by atoms with Crippen LogP contribution in [0.3, 0.4) is 0 Å². The van der Waals surface area contributed by atoms with Gasteiger partial charge >= 0.3 is 6.09 Å². The highest BCUT2D eigenvalue weighted by molar-refractivity contribution is 6.32. The standard InChI is InChI=1S/C77H109N7O18/c1-17-46(6)70(65(98-15)41-68(91)83-33-21-24-60(83)72(99-16)51(11)61(85)36-47(7)71(92)55-22-19-18-20-23-55)81(13)76(96)58(44(2)3)39-64(88)69(45(4)5)82(14)77(97)102-42-54-27-25-53(26-28-54)38-63(87)59(40-66(78)89)80-73(93)48(8)37-62(86)52(12)79-67(90)43-100-34-35-101-57-31-29-56(30-32-57)84-74(94)49(9)50(10)75(84)95/h18-20,22-23,25-32,44-48,51-52,58-60,65,69-72,92H,17,21,24,33-43H2,1-16H3,(H2,78,89)(H,79,90)(H,80,93)/t46?,47-,48+,51-,52-,58-,59-,60-,65+,69-,70-,71+,72+/m0/s1. The minimum Gasteiger partial charge on any atom is -0.491 e. The molecule has 1 saturated heterocycles. The number of Topliss-reactive ketones (excluding diaryl/α,β-unsaturated/α-hetero) is 4. The SMILES string of the molecule is CCC(C)[C@@H]([C@@H](CC(=O)N1CCC[C@H]1[C@H](OC)[C@@H](C)C(=O)C[C@H](C)[C@@H](O)c1ccccc1)OC)N(C)C(=O)[C@@H](CC(=O)[C@H](C(C)C)N(C)C(=O)OCc1ccc(CC(=O)[C@H](CC(N)=O)NC(=O)[C@H](C)CC(=O)[C@H](C)NC(=O)COCCOc2ccc(N3C(=O)C(C)=C(C)C3=O)cc2)cc1)C(C)C. The van der Waals surface area contributed by atoms with E-state index < -0.39 is 121 Å². The number of aliphatic hydroxyl groups is 1. The van der Waals surface area contributed by atoms with Gasteiger partial charge in [-0.3, -0.25) is 52.7 Å². The molecule has 2 heterocycles. The molecule has 5 N–H and O–H groups in total. The minimum absolute atomic E-state index is 0.00928. The fraction of sp³-hybridized carbons (Fsp3) is 0.584. The number of amides is 8. The molecule has 3 aromatic rings. The number of likely N-dealkylation sites (tertiary alicyclic amines) is 1. The molecule has 102 heavy (non-hydrogen) atoms. The molecule has 1 unspecified atom stereocenters. The van der Waals surface area contributed by atoms with Crippen molar-refractivity contribution in [2.75, 3.05) is 59.6 Å². The predicted molar refractivity (Wildman–Crippen MR) is 382 cm³/mol. The molecule has 5 rings (SSSR count). The van der Waals surface area contributed by atoms with E-state index in [0.717, 1.165) is 10.5 Å². The van der Waals surface area contributed by atoms with E-state index in [9.17, 15) is 62.6 Å². The molecule has 25 heteroatoms. The van der Waals surface area contributed by atoms with E-state index in [1.54, 1.807) is 100 Å². The van der Waals surface area contributed by atoms with Crippen molar-refractivity contribution in [3.8, 4) is 5.75 Å². The number of imide groups is 1. The molecule has 2 aliphatic rings. The summed E-state index contributed by atoms with van der Waals surface area (Å²) in [4.78, 5) is 167. The molecule has 0 bridgehead atoms. The highest BCUT2D eigenvalue weighted by Crippen LogP contribution is 2.34. The Bertz CT molecular complexity index is 3410. The molecule has 8 amide bonds. The Kier molecular flexibility index (Phi) is 32.8. The van der Waals surface area contributed by atoms with Gasteiger partial charge in [-0.05, 0) is 98.2 Å². The van der Waals surface area contributed by atoms with E-state index >= 15 is 0 Å². The number of hydrogen-bond acceptors (Lipinski definition) is 18. The quantitative estimate of drug-likeness (QED) is 0.0313. The summed E-state index contributed by atoms with van der Waals surface area (Å²) in [7, 11) is 6.20. The zero-order valence-corrected chi connectivity index (χ0v) is 62.3. The van der Waals surface area contributed by atoms with Crippen LogP contribution in [-0.2, 0) is 84.7 Å². The van der Waals surface area contributed by atoms with Crippen LogP contribution >= 0.6 is 0 Å². The maximum atomic E-state index is 14.9. The molecule has 25 nitrogen and oxygen atoms in total. The molecule has 0 aliphatic carbocycles. The van der Waals surface area contributed by atoms with Crippen molar-refractivity contribution in [2.45, 2.75) is 196 Å². The summed E-state index contributed by atoms with van der Waals surface area (Å²) in [6.45, 7) is 21.0. The third-order valence-electron chi connectivity index (χ3n) is 19.9. The Hall–Kier alpha value is -8.52. The van der Waals surface area contributed by atoms with Gasteiger partial charge in [0.1, 0.15) is 31.4 Å². The number of ether oxygens (including phenoxy) is 5. The van der Waals surface area contributed by atoms with Crippen LogP contribution in [0.25, 0.3) is 0 Å². The highest BCUT2D eigenvalue weighted by atomic mass is 16.6. The lowest BCUT2D eigenvalue weighted by Gasteiger charge is -2.41. The lowest BCUT2D eigenvalue weighted by molar-refractivity contribution is -0.149. The molecular weight excluding hydrogens is 1310 g/mol. The molecule has 3 aromatic carbocycles. The Morgan fingerprint density at radius 1 is 0.676 bits per heavy atom. The molecule has 0 saturated carbocycles. The van der Waals surface area contributed by atoms with Crippen LogP contribution in [0.4, 0.5) is 10.5 Å². The van der Waals surface area contributed by atoms with E-state index in [2.05, 4.69) is 10.6 Å². The van der Waals surface area contributed by atoms with Crippen LogP contribution in [0.1, 0.15) is 157 Å². The van der Waals surface area contributed by atoms with Gasteiger partial charge in [-0.1, -0.05) is 123 Å². The maximum absolute atomic E-state index is 14.9. The number of nitrogens with two attached hydrogens (primary N) is 1. The predicted octanol–water partition coefficient (Wildman–Crippen LogP) is 7.64. The first-order chi connectivity index (χ1) is 48.2. The normalized spacial score (nSPS) is 17.5. The topological polar surface area (TPSA) is 334 Å². The minimum atomic E-state index is -1.33. The molecule has 560 valence electrons. The maximum Gasteiger partial charge on any atom is 0.410 e. The molecule has 0 spiro atoms. The molecule has 1 fully saturated rings. The molecule has 2 aliphatic heterocycles. The average Bonchev–Trinajstić information content (AvgIpc) is 1.45. The summed E-state index contributed by atoms with van der Waals surface area (Å²) < 4.78 is 28.9. The number of nitrogens with zero attached hydrogens (tertiary/aromatic N) is 4. The summed E-state index contributed by atoms with van der Waals surface area (Å²) in [5.74, 6) is -8.06. The Labute approximate surface area is 600 Å². The first-order valence-corrected chi connectivity index (χ1v) is 35.4. The first kappa shape index (κ1) is 84.1. The van der Waals surface area contributed by atoms with Gasteiger partial charge in [-0.25, -0.2) is 9.69 Å². The number of carbonyl (C=O) groups is 12. The van der Waals surface area contributed by atoms with Crippen molar-refractivity contribution in [3.63, 3.8) is 0 Å². The largest absolute Gasteiger partial charge is 0.491 e. The van der Waals surface area contributed by atoms with Crippen molar-refractivity contribution in [1.82, 2.24) is 25.3 Å². The number of aliphatic hydroxyl groups excluding tert-OH is 1. The van der Waals surface area contributed by atoms with Crippen molar-refractivity contribution in [1.29, 1.82) is 0 Å². The summed E-state index contributed by atoms with van der Waals surface area (Å²) in [5.41, 5.74) is 8.42. The van der Waals surface area contributed by atoms with E-state index in [1.807, 2.05) is 71.9 Å². The second-order valence-corrected chi connectivity index (χ2v) is 28.1. The molecule has 0 aromatic heterocycles. The summed E-state index contributed by atoms with van der Waals surface area (Å²) in [6, 6.07) is 17.7. The van der Waals surface area contributed by atoms with Gasteiger partial charge in [0.2, 0.25) is 29.5 Å². The van der Waals surface area contributed by atoms with E-state index in [4.69, 9.17) is 29.4 Å². The van der Waals surface area contributed by atoms with Gasteiger partial charge in [0.05, 0.1) is 73.7 Å². The third kappa shape index (κ3) is 23.0.